The number of unbranched alkanes of at least 4 members (excludes halogenated alkanes) is 1. The molecule has 0 aliphatic heterocycles. The average molecular weight is 440 g/mol. The maximum absolute atomic E-state index is 12.4. The Morgan fingerprint density at radius 2 is 1.00 bits per heavy atom. The maximum Gasteiger partial charge on any atom is 0.328 e. The van der Waals surface area contributed by atoms with E-state index in [1.807, 2.05) is 0 Å². The summed E-state index contributed by atoms with van der Waals surface area (Å²) in [5.74, 6) is -1.83. The molecule has 32 heavy (non-hydrogen) atoms. The zero-order valence-electron chi connectivity index (χ0n) is 18.2. The van der Waals surface area contributed by atoms with Crippen LogP contribution in [0.5, 0.6) is 0 Å². The van der Waals surface area contributed by atoms with Crippen LogP contribution in [0.3, 0.4) is 0 Å². The molecular formula is C24H28N2O6. The third-order valence-electron chi connectivity index (χ3n) is 4.89. The maximum atomic E-state index is 12.4. The third-order valence-corrected chi connectivity index (χ3v) is 4.89. The van der Waals surface area contributed by atoms with Crippen LogP contribution in [0.1, 0.15) is 46.4 Å². The van der Waals surface area contributed by atoms with Gasteiger partial charge in [0, 0.05) is 11.1 Å². The first-order valence-electron chi connectivity index (χ1n) is 10.3. The van der Waals surface area contributed by atoms with Gasteiger partial charge >= 0.3 is 11.9 Å². The summed E-state index contributed by atoms with van der Waals surface area (Å²) in [4.78, 5) is 48.9. The van der Waals surface area contributed by atoms with E-state index in [0.717, 1.165) is 0 Å². The van der Waals surface area contributed by atoms with E-state index in [9.17, 15) is 19.2 Å². The van der Waals surface area contributed by atoms with Gasteiger partial charge in [0.15, 0.2) is 0 Å². The highest BCUT2D eigenvalue weighted by Crippen LogP contribution is 2.11. The minimum atomic E-state index is -0.816. The highest BCUT2D eigenvalue weighted by atomic mass is 16.5. The molecule has 2 aromatic carbocycles. The Morgan fingerprint density at radius 3 is 1.31 bits per heavy atom. The molecule has 170 valence electrons. The zero-order chi connectivity index (χ0) is 23.3. The van der Waals surface area contributed by atoms with Gasteiger partial charge in [-0.15, -0.1) is 0 Å². The number of nitrogens with one attached hydrogen (secondary N) is 2. The topological polar surface area (TPSA) is 111 Å². The number of carbonyl (C=O) groups excluding carboxylic acids is 4. The molecule has 0 bridgehead atoms. The summed E-state index contributed by atoms with van der Waals surface area (Å²) >= 11 is 0. The van der Waals surface area contributed by atoms with Gasteiger partial charge in [0.2, 0.25) is 0 Å². The molecule has 8 nitrogen and oxygen atoms in total. The molecule has 2 atom stereocenters. The second-order valence-corrected chi connectivity index (χ2v) is 7.11. The van der Waals surface area contributed by atoms with E-state index in [-0.39, 0.29) is 11.8 Å². The van der Waals surface area contributed by atoms with E-state index in [2.05, 4.69) is 10.6 Å². The molecular weight excluding hydrogens is 412 g/mol. The van der Waals surface area contributed by atoms with Crippen molar-refractivity contribution in [2.45, 2.75) is 37.8 Å². The van der Waals surface area contributed by atoms with Crippen LogP contribution in [0.25, 0.3) is 0 Å². The van der Waals surface area contributed by atoms with Crippen molar-refractivity contribution < 1.29 is 28.7 Å². The zero-order valence-corrected chi connectivity index (χ0v) is 18.2. The molecule has 0 radical (unpaired) electrons. The number of benzene rings is 2. The van der Waals surface area contributed by atoms with Crippen molar-refractivity contribution in [2.75, 3.05) is 14.2 Å². The summed E-state index contributed by atoms with van der Waals surface area (Å²) in [6.45, 7) is 0. The number of hydrogen-bond donors (Lipinski definition) is 2. The van der Waals surface area contributed by atoms with E-state index < -0.39 is 24.0 Å². The number of amides is 2. The normalized spacial score (nSPS) is 12.2. The summed E-state index contributed by atoms with van der Waals surface area (Å²) in [5.41, 5.74) is 0.881. The molecule has 8 heteroatoms. The Balaban J connectivity index is 1.90. The summed E-state index contributed by atoms with van der Waals surface area (Å²) in [6, 6.07) is 15.5. The van der Waals surface area contributed by atoms with Crippen LogP contribution in [0.4, 0.5) is 0 Å². The number of ether oxygens (including phenoxy) is 2. The molecule has 0 saturated carbocycles. The van der Waals surface area contributed by atoms with Crippen LogP contribution in [0.2, 0.25) is 0 Å². The van der Waals surface area contributed by atoms with Crippen molar-refractivity contribution >= 4 is 23.8 Å². The summed E-state index contributed by atoms with van der Waals surface area (Å²) < 4.78 is 9.60. The fourth-order valence-electron chi connectivity index (χ4n) is 3.14. The molecule has 0 aliphatic carbocycles. The van der Waals surface area contributed by atoms with E-state index in [1.54, 1.807) is 60.7 Å². The van der Waals surface area contributed by atoms with Gasteiger partial charge in [-0.3, -0.25) is 9.59 Å². The van der Waals surface area contributed by atoms with Gasteiger partial charge in [-0.25, -0.2) is 9.59 Å². The first-order chi connectivity index (χ1) is 15.5. The molecule has 0 aliphatic rings. The van der Waals surface area contributed by atoms with Crippen LogP contribution >= 0.6 is 0 Å². The lowest BCUT2D eigenvalue weighted by molar-refractivity contribution is -0.144. The number of methoxy groups -OCH3 is 2. The van der Waals surface area contributed by atoms with Gasteiger partial charge < -0.3 is 20.1 Å². The average Bonchev–Trinajstić information content (AvgIpc) is 2.84. The molecule has 2 rings (SSSR count). The van der Waals surface area contributed by atoms with Crippen LogP contribution in [-0.4, -0.2) is 50.1 Å². The van der Waals surface area contributed by atoms with E-state index in [0.29, 0.717) is 36.8 Å². The number of rotatable bonds is 11. The van der Waals surface area contributed by atoms with Crippen LogP contribution in [0, 0.1) is 0 Å². The predicted molar refractivity (Wildman–Crippen MR) is 118 cm³/mol. The monoisotopic (exact) mass is 440 g/mol. The molecule has 0 spiro atoms. The largest absolute Gasteiger partial charge is 0.467 e. The van der Waals surface area contributed by atoms with E-state index in [4.69, 9.17) is 9.47 Å². The first-order valence-corrected chi connectivity index (χ1v) is 10.3. The molecule has 0 fully saturated rings. The Bertz CT molecular complexity index is 826. The first kappa shape index (κ1) is 24.6. The van der Waals surface area contributed by atoms with Crippen molar-refractivity contribution in [3.8, 4) is 0 Å². The minimum absolute atomic E-state index is 0.325. The van der Waals surface area contributed by atoms with Crippen LogP contribution in [0.15, 0.2) is 60.7 Å². The SMILES string of the molecule is COC(=O)[C@H](CCCC[C@H](NC(=O)c1ccccc1)C(=O)OC)NC(=O)c1ccccc1. The van der Waals surface area contributed by atoms with Crippen molar-refractivity contribution in [2.24, 2.45) is 0 Å². The van der Waals surface area contributed by atoms with Gasteiger partial charge in [-0.05, 0) is 37.1 Å². The Kier molecular flexibility index (Phi) is 9.90. The highest BCUT2D eigenvalue weighted by molar-refractivity contribution is 5.97. The quantitative estimate of drug-likeness (QED) is 0.410. The summed E-state index contributed by atoms with van der Waals surface area (Å²) in [5, 5.41) is 5.37. The van der Waals surface area contributed by atoms with Crippen molar-refractivity contribution in [1.29, 1.82) is 0 Å². The Hall–Kier alpha value is -3.68. The van der Waals surface area contributed by atoms with E-state index >= 15 is 0 Å². The molecule has 0 heterocycles. The third kappa shape index (κ3) is 7.54. The van der Waals surface area contributed by atoms with Gasteiger partial charge in [0.1, 0.15) is 12.1 Å². The second-order valence-electron chi connectivity index (χ2n) is 7.11. The fourth-order valence-corrected chi connectivity index (χ4v) is 3.14. The lowest BCUT2D eigenvalue weighted by atomic mass is 10.0. The van der Waals surface area contributed by atoms with Gasteiger partial charge in [0.05, 0.1) is 14.2 Å². The predicted octanol–water partition coefficient (Wildman–Crippen LogP) is 2.49. The molecule has 2 aromatic rings. The van der Waals surface area contributed by atoms with Gasteiger partial charge in [0.25, 0.3) is 11.8 Å². The molecule has 2 amide bonds. The number of hydrogen-bond acceptors (Lipinski definition) is 6. The Labute approximate surface area is 187 Å². The molecule has 0 unspecified atom stereocenters. The lowest BCUT2D eigenvalue weighted by Gasteiger charge is -2.18. The van der Waals surface area contributed by atoms with Crippen molar-refractivity contribution in [3.63, 3.8) is 0 Å². The molecule has 0 saturated heterocycles. The minimum Gasteiger partial charge on any atom is -0.467 e. The van der Waals surface area contributed by atoms with Gasteiger partial charge in [-0.1, -0.05) is 49.2 Å². The second kappa shape index (κ2) is 12.9. The highest BCUT2D eigenvalue weighted by Gasteiger charge is 2.24. The van der Waals surface area contributed by atoms with E-state index in [1.165, 1.54) is 14.2 Å². The van der Waals surface area contributed by atoms with Crippen LogP contribution < -0.4 is 10.6 Å². The van der Waals surface area contributed by atoms with Crippen molar-refractivity contribution in [1.82, 2.24) is 10.6 Å². The Morgan fingerprint density at radius 1 is 0.656 bits per heavy atom. The standard InChI is InChI=1S/C24H28N2O6/c1-31-23(29)19(25-21(27)17-11-5-3-6-12-17)15-9-10-16-20(24(30)32-2)26-22(28)18-13-7-4-8-14-18/h3-8,11-14,19-20H,9-10,15-16H2,1-2H3,(H,25,27)(H,26,28)/t19-,20-/m0/s1. The summed E-state index contributed by atoms with van der Waals surface area (Å²) in [6.07, 6.45) is 1.69. The van der Waals surface area contributed by atoms with Crippen LogP contribution in [-0.2, 0) is 19.1 Å². The molecule has 0 aromatic heterocycles. The smallest absolute Gasteiger partial charge is 0.328 e. The number of esters is 2. The lowest BCUT2D eigenvalue weighted by Crippen LogP contribution is -2.42. The fraction of sp³-hybridized carbons (Fsp3) is 0.333. The van der Waals surface area contributed by atoms with Crippen molar-refractivity contribution in [3.05, 3.63) is 71.8 Å². The molecule has 2 N–H and O–H groups in total. The number of carbonyl (C=O) groups is 4. The summed E-state index contributed by atoms with van der Waals surface area (Å²) in [7, 11) is 2.52. The van der Waals surface area contributed by atoms with Gasteiger partial charge in [-0.2, -0.15) is 0 Å².